The lowest BCUT2D eigenvalue weighted by Gasteiger charge is -2.41. The molecule has 0 amide bonds. The Morgan fingerprint density at radius 1 is 0.477 bits per heavy atom. The molecular formula is C60H47BN2O2. The smallest absolute Gasteiger partial charge is 0.333 e. The van der Waals surface area contributed by atoms with Crippen molar-refractivity contribution in [3.8, 4) is 11.1 Å². The van der Waals surface area contributed by atoms with E-state index < -0.39 is 0 Å². The molecule has 312 valence electrons. The molecule has 0 saturated carbocycles. The Bertz CT molecular complexity index is 4100. The van der Waals surface area contributed by atoms with Crippen LogP contribution in [-0.2, 0) is 10.8 Å². The molecule has 2 aliphatic heterocycles. The molecule has 65 heavy (non-hydrogen) atoms. The van der Waals surface area contributed by atoms with E-state index in [0.717, 1.165) is 55.0 Å². The van der Waals surface area contributed by atoms with Crippen molar-refractivity contribution in [3.63, 3.8) is 0 Å². The van der Waals surface area contributed by atoms with E-state index >= 15 is 0 Å². The number of fused-ring (bicyclic) bond motifs is 17. The quantitative estimate of drug-likeness (QED) is 0.122. The van der Waals surface area contributed by atoms with Crippen molar-refractivity contribution in [1.29, 1.82) is 0 Å². The van der Waals surface area contributed by atoms with E-state index in [1.807, 2.05) is 0 Å². The highest BCUT2D eigenvalue weighted by atomic mass is 16.3. The largest absolute Gasteiger partial charge is 0.456 e. The lowest BCUT2D eigenvalue weighted by Crippen LogP contribution is -2.56. The standard InChI is InChI=1S/C60H47BN2O2/c1-32-37-17-9-10-18-38(37)33(2)43-30-48-46(29-42(32)43)61-56-49(62(48)36-26-34(59(3,4)5)25-35(27-36)60(6,7)8)31-52-53(41-21-13-16-24-51(41)64-52)54(56)45-28-44-39-19-12-15-23-50(39)65-58(44)55-40-20-11-14-22-47(40)63(61)57(45)55/h9-31H,1-8H3. The van der Waals surface area contributed by atoms with Crippen LogP contribution in [0.15, 0.2) is 148 Å². The molecule has 0 radical (unpaired) electrons. The predicted molar refractivity (Wildman–Crippen MR) is 276 cm³/mol. The number of aromatic nitrogens is 1. The summed E-state index contributed by atoms with van der Waals surface area (Å²) < 4.78 is 16.7. The highest BCUT2D eigenvalue weighted by molar-refractivity contribution is 6.90. The zero-order valence-corrected chi connectivity index (χ0v) is 38.1. The first-order valence-electron chi connectivity index (χ1n) is 23.1. The van der Waals surface area contributed by atoms with Crippen LogP contribution >= 0.6 is 0 Å². The van der Waals surface area contributed by atoms with Crippen molar-refractivity contribution in [2.75, 3.05) is 4.90 Å². The van der Waals surface area contributed by atoms with Crippen LogP contribution in [0.25, 0.3) is 98.4 Å². The maximum atomic E-state index is 7.04. The van der Waals surface area contributed by atoms with Gasteiger partial charge < -0.3 is 18.2 Å². The molecule has 0 saturated heterocycles. The number of para-hydroxylation sites is 3. The fourth-order valence-electron chi connectivity index (χ4n) is 12.0. The maximum Gasteiger partial charge on any atom is 0.333 e. The molecule has 9 aromatic carbocycles. The van der Waals surface area contributed by atoms with Crippen LogP contribution in [0.2, 0.25) is 0 Å². The molecule has 0 atom stereocenters. The van der Waals surface area contributed by atoms with Gasteiger partial charge in [0.25, 0.3) is 0 Å². The lowest BCUT2D eigenvalue weighted by atomic mass is 9.44. The molecule has 14 rings (SSSR count). The minimum atomic E-state index is -0.162. The Kier molecular flexibility index (Phi) is 7.04. The van der Waals surface area contributed by atoms with Crippen LogP contribution in [0.5, 0.6) is 0 Å². The molecule has 0 spiro atoms. The molecule has 0 aliphatic carbocycles. The van der Waals surface area contributed by atoms with Crippen molar-refractivity contribution >= 4 is 122 Å². The predicted octanol–water partition coefficient (Wildman–Crippen LogP) is 15.5. The van der Waals surface area contributed by atoms with E-state index in [-0.39, 0.29) is 17.7 Å². The summed E-state index contributed by atoms with van der Waals surface area (Å²) in [6.07, 6.45) is 0. The van der Waals surface area contributed by atoms with E-state index in [1.165, 1.54) is 93.6 Å². The average molecular weight is 839 g/mol. The molecule has 5 heteroatoms. The Morgan fingerprint density at radius 2 is 1.06 bits per heavy atom. The van der Waals surface area contributed by atoms with Gasteiger partial charge >= 0.3 is 6.85 Å². The second-order valence-corrected chi connectivity index (χ2v) is 20.9. The van der Waals surface area contributed by atoms with Gasteiger partial charge in [0.1, 0.15) is 22.3 Å². The second kappa shape index (κ2) is 12.3. The number of hydrogen-bond acceptors (Lipinski definition) is 3. The molecule has 4 nitrogen and oxygen atoms in total. The van der Waals surface area contributed by atoms with E-state index in [2.05, 4.69) is 204 Å². The summed E-state index contributed by atoms with van der Waals surface area (Å²) in [5, 5.41) is 12.1. The SMILES string of the molecule is Cc1c2ccccc2c(C)c2cc3c(cc12)B1c2c(cc4oc5ccccc5c4c2-c2cc4c5ccccc5oc4c4c5ccccc5n1c24)N3c1cc(C(C)(C)C)cc(C(C)(C)C)c1. The highest BCUT2D eigenvalue weighted by Gasteiger charge is 2.45. The van der Waals surface area contributed by atoms with E-state index in [4.69, 9.17) is 8.83 Å². The number of anilines is 3. The van der Waals surface area contributed by atoms with Gasteiger partial charge in [-0.3, -0.25) is 0 Å². The number of hydrogen-bond donors (Lipinski definition) is 0. The third-order valence-electron chi connectivity index (χ3n) is 15.2. The van der Waals surface area contributed by atoms with Crippen LogP contribution in [0.1, 0.15) is 63.8 Å². The number of furan rings is 2. The van der Waals surface area contributed by atoms with Gasteiger partial charge in [-0.15, -0.1) is 0 Å². The van der Waals surface area contributed by atoms with E-state index in [0.29, 0.717) is 0 Å². The topological polar surface area (TPSA) is 34.5 Å². The Hall–Kier alpha value is -7.24. The van der Waals surface area contributed by atoms with Crippen LogP contribution in [0, 0.1) is 13.8 Å². The van der Waals surface area contributed by atoms with Gasteiger partial charge in [-0.1, -0.05) is 133 Å². The molecule has 0 bridgehead atoms. The third-order valence-corrected chi connectivity index (χ3v) is 15.2. The summed E-state index contributed by atoms with van der Waals surface area (Å²) in [5.41, 5.74) is 19.7. The summed E-state index contributed by atoms with van der Waals surface area (Å²) in [5.74, 6) is 0. The first-order valence-corrected chi connectivity index (χ1v) is 23.1. The average Bonchev–Trinajstić information content (AvgIpc) is 3.98. The zero-order chi connectivity index (χ0) is 44.0. The summed E-state index contributed by atoms with van der Waals surface area (Å²) in [7, 11) is 0. The van der Waals surface area contributed by atoms with Gasteiger partial charge in [-0.05, 0) is 127 Å². The monoisotopic (exact) mass is 838 g/mol. The van der Waals surface area contributed by atoms with Gasteiger partial charge in [-0.25, -0.2) is 0 Å². The molecule has 0 N–H and O–H groups in total. The Labute approximate surface area is 377 Å². The molecule has 12 aromatic rings. The molecule has 3 aromatic heterocycles. The van der Waals surface area contributed by atoms with Crippen LogP contribution in [-0.4, -0.2) is 11.3 Å². The van der Waals surface area contributed by atoms with Crippen LogP contribution in [0.4, 0.5) is 17.1 Å². The molecule has 2 aliphatic rings. The molecule has 0 fully saturated rings. The highest BCUT2D eigenvalue weighted by Crippen LogP contribution is 2.53. The summed E-state index contributed by atoms with van der Waals surface area (Å²) in [6, 6.07) is 52.3. The fourth-order valence-corrected chi connectivity index (χ4v) is 12.0. The Balaban J connectivity index is 1.25. The third kappa shape index (κ3) is 4.78. The molecule has 0 unspecified atom stereocenters. The summed E-state index contributed by atoms with van der Waals surface area (Å²) in [4.78, 5) is 2.60. The molecular weight excluding hydrogens is 791 g/mol. The van der Waals surface area contributed by atoms with Gasteiger partial charge in [-0.2, -0.15) is 0 Å². The summed E-state index contributed by atoms with van der Waals surface area (Å²) in [6.45, 7) is 18.5. The normalized spacial score (nSPS) is 13.8. The van der Waals surface area contributed by atoms with Gasteiger partial charge in [0.2, 0.25) is 0 Å². The molecule has 5 heterocycles. The second-order valence-electron chi connectivity index (χ2n) is 20.9. The van der Waals surface area contributed by atoms with Crippen molar-refractivity contribution in [3.05, 3.63) is 162 Å². The fraction of sp³-hybridized carbons (Fsp3) is 0.167. The van der Waals surface area contributed by atoms with Crippen molar-refractivity contribution in [2.45, 2.75) is 66.2 Å². The number of aryl methyl sites for hydroxylation is 2. The van der Waals surface area contributed by atoms with E-state index in [9.17, 15) is 0 Å². The maximum absolute atomic E-state index is 7.04. The number of rotatable bonds is 1. The van der Waals surface area contributed by atoms with Gasteiger partial charge in [0, 0.05) is 66.7 Å². The van der Waals surface area contributed by atoms with Crippen LogP contribution in [0.3, 0.4) is 0 Å². The number of benzene rings is 9. The van der Waals surface area contributed by atoms with Crippen molar-refractivity contribution in [1.82, 2.24) is 4.48 Å². The minimum absolute atomic E-state index is 0.0807. The van der Waals surface area contributed by atoms with Gasteiger partial charge in [0.05, 0.1) is 5.39 Å². The Morgan fingerprint density at radius 3 is 1.74 bits per heavy atom. The lowest BCUT2D eigenvalue weighted by molar-refractivity contribution is 0.569. The van der Waals surface area contributed by atoms with Crippen molar-refractivity contribution in [2.24, 2.45) is 0 Å². The van der Waals surface area contributed by atoms with Crippen molar-refractivity contribution < 1.29 is 8.83 Å². The number of nitrogens with zero attached hydrogens (tertiary/aromatic N) is 2. The summed E-state index contributed by atoms with van der Waals surface area (Å²) >= 11 is 0. The van der Waals surface area contributed by atoms with Crippen LogP contribution < -0.4 is 15.8 Å². The van der Waals surface area contributed by atoms with Gasteiger partial charge in [0.15, 0.2) is 0 Å². The van der Waals surface area contributed by atoms with E-state index in [1.54, 1.807) is 0 Å². The minimum Gasteiger partial charge on any atom is -0.456 e. The zero-order valence-electron chi connectivity index (χ0n) is 38.1. The first-order chi connectivity index (χ1) is 31.3. The first kappa shape index (κ1) is 37.2.